The molecule has 0 bridgehead atoms. The molecule has 4 atom stereocenters. The molecule has 0 aromatic heterocycles. The van der Waals surface area contributed by atoms with Crippen molar-refractivity contribution < 1.29 is 29.8 Å². The largest absolute Gasteiger partial charge is 0.508 e. The Balaban J connectivity index is 1.92. The molecule has 6 N–H and O–H groups in total. The van der Waals surface area contributed by atoms with Crippen LogP contribution in [0.25, 0.3) is 0 Å². The number of carbonyl (C=O) groups is 3. The van der Waals surface area contributed by atoms with E-state index in [-0.39, 0.29) is 18.6 Å². The number of carbonyl (C=O) groups excluding carboxylic acids is 3. The van der Waals surface area contributed by atoms with Crippen molar-refractivity contribution >= 4 is 17.7 Å². The van der Waals surface area contributed by atoms with Crippen LogP contribution in [0.4, 0.5) is 0 Å². The molecule has 1 aliphatic rings. The molecule has 0 spiro atoms. The normalized spacial score (nSPS) is 18.8. The van der Waals surface area contributed by atoms with Gasteiger partial charge in [-0.3, -0.25) is 19.6 Å². The van der Waals surface area contributed by atoms with E-state index in [0.29, 0.717) is 12.0 Å². The third kappa shape index (κ3) is 5.24. The quantitative estimate of drug-likeness (QED) is 0.263. The number of phenolic OH excluding ortho intramolecular Hbond substituents is 1. The smallest absolute Gasteiger partial charge is 0.266 e. The van der Waals surface area contributed by atoms with Crippen LogP contribution in [-0.2, 0) is 27.2 Å². The molecule has 2 aromatic carbocycles. The summed E-state index contributed by atoms with van der Waals surface area (Å²) in [6.45, 7) is 1.60. The summed E-state index contributed by atoms with van der Waals surface area (Å²) in [6, 6.07) is 11.5. The van der Waals surface area contributed by atoms with Gasteiger partial charge in [0, 0.05) is 12.8 Å². The van der Waals surface area contributed by atoms with Crippen molar-refractivity contribution in [1.82, 2.24) is 16.1 Å². The first-order valence-electron chi connectivity index (χ1n) is 10.4. The summed E-state index contributed by atoms with van der Waals surface area (Å²) in [6.07, 6.45) is -0.393. The van der Waals surface area contributed by atoms with E-state index in [1.54, 1.807) is 19.1 Å². The number of hydrogen-bond acceptors (Lipinski definition) is 6. The van der Waals surface area contributed by atoms with Crippen LogP contribution in [-0.4, -0.2) is 45.3 Å². The SMILES string of the molecule is CCC(=O)N[C@H](C(=O)NO)[C@@H](Cc1cccc(O)c1)C(=O)N[C@H]1c2ccccc2C[C@H]1O. The Morgan fingerprint density at radius 1 is 1.09 bits per heavy atom. The lowest BCUT2D eigenvalue weighted by Crippen LogP contribution is -2.55. The van der Waals surface area contributed by atoms with Crippen LogP contribution in [0.2, 0.25) is 0 Å². The van der Waals surface area contributed by atoms with E-state index < -0.39 is 41.8 Å². The second kappa shape index (κ2) is 10.3. The number of rotatable bonds is 8. The molecule has 9 heteroatoms. The number of aliphatic hydroxyl groups excluding tert-OH is 1. The number of fused-ring (bicyclic) bond motifs is 1. The summed E-state index contributed by atoms with van der Waals surface area (Å²) in [5.74, 6) is -3.14. The molecule has 0 saturated heterocycles. The van der Waals surface area contributed by atoms with Gasteiger partial charge in [-0.15, -0.1) is 0 Å². The molecular weight excluding hydrogens is 414 g/mol. The number of aromatic hydroxyl groups is 1. The molecular formula is C23H27N3O6. The van der Waals surface area contributed by atoms with Crippen molar-refractivity contribution in [3.63, 3.8) is 0 Å². The maximum absolute atomic E-state index is 13.4. The Kier molecular flexibility index (Phi) is 7.45. The van der Waals surface area contributed by atoms with Gasteiger partial charge in [0.05, 0.1) is 18.1 Å². The zero-order valence-corrected chi connectivity index (χ0v) is 17.6. The third-order valence-electron chi connectivity index (χ3n) is 5.64. The minimum atomic E-state index is -1.37. The Morgan fingerprint density at radius 2 is 1.84 bits per heavy atom. The van der Waals surface area contributed by atoms with Crippen molar-refractivity contribution in [2.45, 2.75) is 44.4 Å². The Hall–Kier alpha value is -3.43. The van der Waals surface area contributed by atoms with Crippen molar-refractivity contribution in [2.24, 2.45) is 5.92 Å². The van der Waals surface area contributed by atoms with Crippen LogP contribution in [0.1, 0.15) is 36.1 Å². The first-order valence-corrected chi connectivity index (χ1v) is 10.4. The van der Waals surface area contributed by atoms with Crippen molar-refractivity contribution in [2.75, 3.05) is 0 Å². The minimum absolute atomic E-state index is 0.00717. The van der Waals surface area contributed by atoms with Gasteiger partial charge in [-0.2, -0.15) is 0 Å². The summed E-state index contributed by atoms with van der Waals surface area (Å²) in [4.78, 5) is 37.8. The maximum Gasteiger partial charge on any atom is 0.266 e. The first-order chi connectivity index (χ1) is 15.3. The lowest BCUT2D eigenvalue weighted by Gasteiger charge is -2.28. The van der Waals surface area contributed by atoms with E-state index in [9.17, 15) is 29.8 Å². The van der Waals surface area contributed by atoms with E-state index in [2.05, 4.69) is 10.6 Å². The van der Waals surface area contributed by atoms with Gasteiger partial charge in [-0.25, -0.2) is 5.48 Å². The number of nitrogens with one attached hydrogen (secondary N) is 3. The molecule has 0 heterocycles. The Morgan fingerprint density at radius 3 is 2.53 bits per heavy atom. The Labute approximate surface area is 185 Å². The molecule has 0 saturated carbocycles. The van der Waals surface area contributed by atoms with Crippen molar-refractivity contribution in [3.05, 3.63) is 65.2 Å². The highest BCUT2D eigenvalue weighted by Crippen LogP contribution is 2.32. The highest BCUT2D eigenvalue weighted by molar-refractivity contribution is 5.93. The summed E-state index contributed by atoms with van der Waals surface area (Å²) < 4.78 is 0. The fraction of sp³-hybridized carbons (Fsp3) is 0.348. The molecule has 0 fully saturated rings. The van der Waals surface area contributed by atoms with Crippen LogP contribution in [0, 0.1) is 5.92 Å². The van der Waals surface area contributed by atoms with Gasteiger partial charge in [0.2, 0.25) is 11.8 Å². The Bertz CT molecular complexity index is 995. The summed E-state index contributed by atoms with van der Waals surface area (Å²) >= 11 is 0. The van der Waals surface area contributed by atoms with Gasteiger partial charge in [0.25, 0.3) is 5.91 Å². The molecule has 0 aliphatic heterocycles. The number of benzene rings is 2. The minimum Gasteiger partial charge on any atom is -0.508 e. The number of hydroxylamine groups is 1. The fourth-order valence-corrected chi connectivity index (χ4v) is 4.00. The van der Waals surface area contributed by atoms with E-state index >= 15 is 0 Å². The molecule has 3 rings (SSSR count). The first kappa shape index (κ1) is 23.2. The average Bonchev–Trinajstić information content (AvgIpc) is 3.10. The fourth-order valence-electron chi connectivity index (χ4n) is 4.00. The van der Waals surface area contributed by atoms with Crippen LogP contribution >= 0.6 is 0 Å². The summed E-state index contributed by atoms with van der Waals surface area (Å²) in [7, 11) is 0. The molecule has 170 valence electrons. The monoisotopic (exact) mass is 441 g/mol. The standard InChI is InChI=1S/C23H27N3O6/c1-2-19(29)24-21(23(31)26-32)17(11-13-6-5-8-15(27)10-13)22(30)25-20-16-9-4-3-7-14(16)12-18(20)28/h3-10,17-18,20-21,27-28,32H,2,11-12H2,1H3,(H,24,29)(H,25,30)(H,26,31)/t17-,18-,20+,21+/m1/s1. The predicted molar refractivity (Wildman–Crippen MR) is 114 cm³/mol. The summed E-state index contributed by atoms with van der Waals surface area (Å²) in [5, 5.41) is 34.8. The molecule has 0 radical (unpaired) electrons. The van der Waals surface area contributed by atoms with E-state index in [1.165, 1.54) is 17.6 Å². The third-order valence-corrected chi connectivity index (χ3v) is 5.64. The van der Waals surface area contributed by atoms with Gasteiger partial charge >= 0.3 is 0 Å². The van der Waals surface area contributed by atoms with E-state index in [4.69, 9.17) is 0 Å². The second-order valence-corrected chi connectivity index (χ2v) is 7.81. The molecule has 3 amide bonds. The van der Waals surface area contributed by atoms with Gasteiger partial charge in [0.1, 0.15) is 11.8 Å². The van der Waals surface area contributed by atoms with Crippen LogP contribution in [0.15, 0.2) is 48.5 Å². The van der Waals surface area contributed by atoms with Crippen molar-refractivity contribution in [1.29, 1.82) is 0 Å². The zero-order chi connectivity index (χ0) is 23.3. The lowest BCUT2D eigenvalue weighted by molar-refractivity contribution is -0.140. The molecule has 2 aromatic rings. The van der Waals surface area contributed by atoms with Crippen LogP contribution in [0.3, 0.4) is 0 Å². The predicted octanol–water partition coefficient (Wildman–Crippen LogP) is 0.726. The van der Waals surface area contributed by atoms with E-state index in [1.807, 2.05) is 24.3 Å². The lowest BCUT2D eigenvalue weighted by atomic mass is 9.89. The number of hydrogen-bond donors (Lipinski definition) is 6. The maximum atomic E-state index is 13.4. The van der Waals surface area contributed by atoms with Gasteiger partial charge in [-0.1, -0.05) is 43.3 Å². The second-order valence-electron chi connectivity index (χ2n) is 7.81. The molecule has 9 nitrogen and oxygen atoms in total. The summed E-state index contributed by atoms with van der Waals surface area (Å²) in [5.41, 5.74) is 3.77. The highest BCUT2D eigenvalue weighted by Gasteiger charge is 2.39. The number of amides is 3. The van der Waals surface area contributed by atoms with Gasteiger partial charge < -0.3 is 20.8 Å². The average molecular weight is 441 g/mol. The van der Waals surface area contributed by atoms with Gasteiger partial charge in [0.15, 0.2) is 0 Å². The molecule has 0 unspecified atom stereocenters. The van der Waals surface area contributed by atoms with E-state index in [0.717, 1.165) is 11.1 Å². The number of aliphatic hydroxyl groups is 1. The van der Waals surface area contributed by atoms with Crippen molar-refractivity contribution in [3.8, 4) is 5.75 Å². The number of phenols is 1. The topological polar surface area (TPSA) is 148 Å². The zero-order valence-electron chi connectivity index (χ0n) is 17.6. The highest BCUT2D eigenvalue weighted by atomic mass is 16.5. The molecule has 32 heavy (non-hydrogen) atoms. The van der Waals surface area contributed by atoms with Gasteiger partial charge in [-0.05, 0) is 35.2 Å². The molecule has 1 aliphatic carbocycles. The van der Waals surface area contributed by atoms with Crippen LogP contribution < -0.4 is 16.1 Å². The van der Waals surface area contributed by atoms with Crippen LogP contribution in [0.5, 0.6) is 5.75 Å².